The number of rotatable bonds is 6. The Labute approximate surface area is 125 Å². The van der Waals surface area contributed by atoms with E-state index in [0.29, 0.717) is 5.82 Å². The number of methoxy groups -OCH3 is 1. The van der Waals surface area contributed by atoms with Crippen LogP contribution in [0.5, 0.6) is 6.01 Å². The van der Waals surface area contributed by atoms with Crippen LogP contribution in [-0.4, -0.2) is 29.3 Å². The van der Waals surface area contributed by atoms with E-state index < -0.39 is 17.8 Å². The van der Waals surface area contributed by atoms with Gasteiger partial charge in [-0.3, -0.25) is 0 Å². The van der Waals surface area contributed by atoms with Gasteiger partial charge in [0.2, 0.25) is 0 Å². The molecule has 1 N–H and O–H groups in total. The van der Waals surface area contributed by atoms with E-state index in [2.05, 4.69) is 21.9 Å². The third-order valence-electron chi connectivity index (χ3n) is 2.60. The van der Waals surface area contributed by atoms with Crippen molar-refractivity contribution in [3.63, 3.8) is 0 Å². The highest BCUT2D eigenvalue weighted by molar-refractivity contribution is 6.29. The van der Waals surface area contributed by atoms with Crippen LogP contribution in [0, 0.1) is 0 Å². The standard InChI is InChI=1S/C13H15ClF3N3O/c1-4-9(6-5-8(2)13(15,16)17)18-11-7-10(14)19-12(20-11)21-3/h4-5,7,9H,1,6H2,2-3H3,(H,18,19,20)/b8-5+. The predicted molar refractivity (Wildman–Crippen MR) is 75.6 cm³/mol. The van der Waals surface area contributed by atoms with Crippen molar-refractivity contribution in [3.8, 4) is 6.01 Å². The number of ether oxygens (including phenoxy) is 1. The minimum absolute atomic E-state index is 0.0647. The van der Waals surface area contributed by atoms with Gasteiger partial charge in [0.15, 0.2) is 0 Å². The van der Waals surface area contributed by atoms with Gasteiger partial charge in [-0.2, -0.15) is 23.1 Å². The van der Waals surface area contributed by atoms with Crippen molar-refractivity contribution >= 4 is 17.4 Å². The van der Waals surface area contributed by atoms with Crippen LogP contribution in [0.4, 0.5) is 19.0 Å². The summed E-state index contributed by atoms with van der Waals surface area (Å²) < 4.78 is 42.1. The molecule has 0 aliphatic carbocycles. The molecular formula is C13H15ClF3N3O. The van der Waals surface area contributed by atoms with E-state index in [4.69, 9.17) is 16.3 Å². The fourth-order valence-corrected chi connectivity index (χ4v) is 1.56. The molecule has 0 spiro atoms. The lowest BCUT2D eigenvalue weighted by Gasteiger charge is -2.15. The molecule has 1 aromatic heterocycles. The fraction of sp³-hybridized carbons (Fsp3) is 0.385. The van der Waals surface area contributed by atoms with Crippen molar-refractivity contribution in [2.75, 3.05) is 12.4 Å². The van der Waals surface area contributed by atoms with Crippen molar-refractivity contribution < 1.29 is 17.9 Å². The minimum Gasteiger partial charge on any atom is -0.467 e. The van der Waals surface area contributed by atoms with Gasteiger partial charge in [-0.1, -0.05) is 23.8 Å². The molecule has 0 aliphatic heterocycles. The number of hydrogen-bond donors (Lipinski definition) is 1. The molecule has 21 heavy (non-hydrogen) atoms. The SMILES string of the molecule is C=CC(C/C=C(\C)C(F)(F)F)Nc1cc(Cl)nc(OC)n1. The lowest BCUT2D eigenvalue weighted by molar-refractivity contribution is -0.0915. The van der Waals surface area contributed by atoms with E-state index >= 15 is 0 Å². The summed E-state index contributed by atoms with van der Waals surface area (Å²) in [6.07, 6.45) is -1.63. The zero-order valence-electron chi connectivity index (χ0n) is 11.5. The lowest BCUT2D eigenvalue weighted by Crippen LogP contribution is -2.18. The van der Waals surface area contributed by atoms with E-state index in [1.807, 2.05) is 0 Å². The number of anilines is 1. The first-order valence-electron chi connectivity index (χ1n) is 5.98. The van der Waals surface area contributed by atoms with Crippen molar-refractivity contribution in [3.05, 3.63) is 35.5 Å². The van der Waals surface area contributed by atoms with E-state index in [9.17, 15) is 13.2 Å². The van der Waals surface area contributed by atoms with Crippen molar-refractivity contribution in [2.24, 2.45) is 0 Å². The van der Waals surface area contributed by atoms with E-state index in [-0.39, 0.29) is 17.6 Å². The van der Waals surface area contributed by atoms with Crippen LogP contribution < -0.4 is 10.1 Å². The maximum atomic E-state index is 12.4. The lowest BCUT2D eigenvalue weighted by atomic mass is 10.1. The van der Waals surface area contributed by atoms with Crippen molar-refractivity contribution in [2.45, 2.75) is 25.6 Å². The molecule has 0 radical (unpaired) electrons. The highest BCUT2D eigenvalue weighted by atomic mass is 35.5. The summed E-state index contributed by atoms with van der Waals surface area (Å²) in [4.78, 5) is 7.79. The molecule has 0 aromatic carbocycles. The topological polar surface area (TPSA) is 47.0 Å². The van der Waals surface area contributed by atoms with Gasteiger partial charge in [-0.15, -0.1) is 6.58 Å². The molecular weight excluding hydrogens is 307 g/mol. The van der Waals surface area contributed by atoms with Gasteiger partial charge in [0, 0.05) is 17.7 Å². The van der Waals surface area contributed by atoms with Gasteiger partial charge in [-0.05, 0) is 13.3 Å². The Hall–Kier alpha value is -1.76. The highest BCUT2D eigenvalue weighted by Crippen LogP contribution is 2.25. The van der Waals surface area contributed by atoms with Crippen LogP contribution in [0.15, 0.2) is 30.4 Å². The van der Waals surface area contributed by atoms with Gasteiger partial charge in [0.1, 0.15) is 11.0 Å². The van der Waals surface area contributed by atoms with Gasteiger partial charge in [-0.25, -0.2) is 0 Å². The second kappa shape index (κ2) is 7.31. The Bertz CT molecular complexity index is 532. The molecule has 0 aliphatic rings. The van der Waals surface area contributed by atoms with Gasteiger partial charge in [0.25, 0.3) is 0 Å². The summed E-state index contributed by atoms with van der Waals surface area (Å²) in [5.41, 5.74) is -0.658. The molecule has 1 unspecified atom stereocenters. The van der Waals surface area contributed by atoms with Crippen molar-refractivity contribution in [1.29, 1.82) is 0 Å². The highest BCUT2D eigenvalue weighted by Gasteiger charge is 2.29. The van der Waals surface area contributed by atoms with Gasteiger partial charge in [0.05, 0.1) is 7.11 Å². The van der Waals surface area contributed by atoms with Crippen LogP contribution in [0.1, 0.15) is 13.3 Å². The first-order chi connectivity index (χ1) is 9.76. The Balaban J connectivity index is 2.79. The Kier molecular flexibility index (Phi) is 6.02. The second-order valence-electron chi connectivity index (χ2n) is 4.17. The molecule has 1 atom stereocenters. The quantitative estimate of drug-likeness (QED) is 0.635. The summed E-state index contributed by atoms with van der Waals surface area (Å²) in [6, 6.07) is 1.08. The van der Waals surface area contributed by atoms with Crippen LogP contribution in [-0.2, 0) is 0 Å². The molecule has 1 heterocycles. The third kappa shape index (κ3) is 5.63. The molecule has 116 valence electrons. The van der Waals surface area contributed by atoms with Crippen LogP contribution in [0.2, 0.25) is 5.15 Å². The molecule has 1 rings (SSSR count). The number of nitrogens with one attached hydrogen (secondary N) is 1. The molecule has 1 aromatic rings. The monoisotopic (exact) mass is 321 g/mol. The molecule has 0 fully saturated rings. The number of allylic oxidation sites excluding steroid dienone is 1. The zero-order valence-corrected chi connectivity index (χ0v) is 12.3. The molecule has 0 saturated carbocycles. The van der Waals surface area contributed by atoms with Crippen LogP contribution in [0.25, 0.3) is 0 Å². The van der Waals surface area contributed by atoms with Gasteiger partial charge < -0.3 is 10.1 Å². The van der Waals surface area contributed by atoms with Crippen molar-refractivity contribution in [1.82, 2.24) is 9.97 Å². The largest absolute Gasteiger partial charge is 0.467 e. The molecule has 8 heteroatoms. The molecule has 0 bridgehead atoms. The van der Waals surface area contributed by atoms with E-state index in [1.165, 1.54) is 19.3 Å². The average Bonchev–Trinajstić information content (AvgIpc) is 2.41. The summed E-state index contributed by atoms with van der Waals surface area (Å²) in [5.74, 6) is 0.342. The normalized spacial score (nSPS) is 13.7. The number of aromatic nitrogens is 2. The fourth-order valence-electron chi connectivity index (χ4n) is 1.39. The number of hydrogen-bond acceptors (Lipinski definition) is 4. The smallest absolute Gasteiger partial charge is 0.412 e. The second-order valence-corrected chi connectivity index (χ2v) is 4.56. The predicted octanol–water partition coefficient (Wildman–Crippen LogP) is 4.00. The number of alkyl halides is 3. The Morgan fingerprint density at radius 2 is 2.19 bits per heavy atom. The first-order valence-corrected chi connectivity index (χ1v) is 6.35. The maximum Gasteiger partial charge on any atom is 0.412 e. The average molecular weight is 322 g/mol. The summed E-state index contributed by atoms with van der Waals surface area (Å²) in [5, 5.41) is 3.07. The minimum atomic E-state index is -4.33. The van der Waals surface area contributed by atoms with Crippen LogP contribution >= 0.6 is 11.6 Å². The molecule has 0 saturated heterocycles. The summed E-state index contributed by atoms with van der Waals surface area (Å²) in [7, 11) is 1.38. The van der Waals surface area contributed by atoms with E-state index in [1.54, 1.807) is 0 Å². The summed E-state index contributed by atoms with van der Waals surface area (Å²) >= 11 is 5.79. The number of nitrogens with zero attached hydrogens (tertiary/aromatic N) is 2. The summed E-state index contributed by atoms with van der Waals surface area (Å²) in [6.45, 7) is 4.60. The van der Waals surface area contributed by atoms with Gasteiger partial charge >= 0.3 is 12.2 Å². The molecule has 4 nitrogen and oxygen atoms in total. The first kappa shape index (κ1) is 17.3. The Morgan fingerprint density at radius 1 is 1.52 bits per heavy atom. The van der Waals surface area contributed by atoms with Crippen LogP contribution in [0.3, 0.4) is 0 Å². The van der Waals surface area contributed by atoms with E-state index in [0.717, 1.165) is 13.0 Å². The molecule has 0 amide bonds. The zero-order chi connectivity index (χ0) is 16.0. The maximum absolute atomic E-state index is 12.4. The third-order valence-corrected chi connectivity index (χ3v) is 2.79. The number of halogens is 4. The Morgan fingerprint density at radius 3 is 2.71 bits per heavy atom.